The Morgan fingerprint density at radius 3 is 3.07 bits per heavy atom. The quantitative estimate of drug-likeness (QED) is 0.746. The molecule has 3 nitrogen and oxygen atoms in total. The normalized spacial score (nSPS) is 26.8. The van der Waals surface area contributed by atoms with Crippen molar-refractivity contribution in [1.29, 1.82) is 0 Å². The van der Waals surface area contributed by atoms with Crippen LogP contribution in [0.3, 0.4) is 0 Å². The maximum absolute atomic E-state index is 5.63. The molecule has 1 heterocycles. The summed E-state index contributed by atoms with van der Waals surface area (Å²) >= 11 is 5.63. The number of hydrogen-bond donors (Lipinski definition) is 0. The van der Waals surface area contributed by atoms with Crippen LogP contribution in [0.4, 0.5) is 0 Å². The highest BCUT2D eigenvalue weighted by molar-refractivity contribution is 6.17. The van der Waals surface area contributed by atoms with E-state index < -0.39 is 0 Å². The molecule has 0 bridgehead atoms. The van der Waals surface area contributed by atoms with Gasteiger partial charge in [-0.3, -0.25) is 0 Å². The number of aromatic nitrogens is 2. The molecular weight excluding hydrogens is 212 g/mol. The molecular formula is C11H17ClN2O. The van der Waals surface area contributed by atoms with Crippen LogP contribution >= 0.6 is 11.6 Å². The van der Waals surface area contributed by atoms with Gasteiger partial charge in [0.05, 0.1) is 0 Å². The highest BCUT2D eigenvalue weighted by atomic mass is 35.5. The van der Waals surface area contributed by atoms with Gasteiger partial charge < -0.3 is 4.52 Å². The highest BCUT2D eigenvalue weighted by Crippen LogP contribution is 2.34. The van der Waals surface area contributed by atoms with Crippen molar-refractivity contribution in [1.82, 2.24) is 10.1 Å². The molecule has 2 unspecified atom stereocenters. The van der Waals surface area contributed by atoms with Gasteiger partial charge in [-0.25, -0.2) is 0 Å². The Balaban J connectivity index is 2.01. The van der Waals surface area contributed by atoms with Gasteiger partial charge in [0.15, 0.2) is 5.82 Å². The van der Waals surface area contributed by atoms with E-state index in [4.69, 9.17) is 16.1 Å². The number of nitrogens with zero attached hydrogens (tertiary/aromatic N) is 2. The van der Waals surface area contributed by atoms with E-state index in [-0.39, 0.29) is 0 Å². The van der Waals surface area contributed by atoms with Crippen LogP contribution in [0, 0.1) is 5.92 Å². The Morgan fingerprint density at radius 1 is 1.47 bits per heavy atom. The molecule has 1 aliphatic rings. The first-order valence-corrected chi connectivity index (χ1v) is 6.21. The Bertz CT molecular complexity index is 313. The molecule has 0 amide bonds. The lowest BCUT2D eigenvalue weighted by atomic mass is 9.82. The molecule has 0 N–H and O–H groups in total. The second-order valence-corrected chi connectivity index (χ2v) is 4.83. The second-order valence-electron chi connectivity index (χ2n) is 4.45. The summed E-state index contributed by atoms with van der Waals surface area (Å²) in [5, 5.41) is 4.05. The number of alkyl halides is 1. The molecule has 1 fully saturated rings. The maximum Gasteiger partial charge on any atom is 0.227 e. The SMILES string of the molecule is CC1CCCC(c2noc(CCCl)n2)C1. The van der Waals surface area contributed by atoms with E-state index in [1.54, 1.807) is 0 Å². The number of halogens is 1. The zero-order chi connectivity index (χ0) is 10.7. The third kappa shape index (κ3) is 2.71. The van der Waals surface area contributed by atoms with Crippen molar-refractivity contribution in [3.8, 4) is 0 Å². The fourth-order valence-electron chi connectivity index (χ4n) is 2.28. The predicted octanol–water partition coefficient (Wildman–Crippen LogP) is 3.14. The summed E-state index contributed by atoms with van der Waals surface area (Å²) in [6.07, 6.45) is 5.69. The van der Waals surface area contributed by atoms with Gasteiger partial charge in [-0.1, -0.05) is 24.9 Å². The van der Waals surface area contributed by atoms with Crippen LogP contribution in [0.25, 0.3) is 0 Å². The average Bonchev–Trinajstić information content (AvgIpc) is 2.67. The fourth-order valence-corrected chi connectivity index (χ4v) is 2.45. The Labute approximate surface area is 95.2 Å². The molecule has 2 rings (SSSR count). The lowest BCUT2D eigenvalue weighted by molar-refractivity contribution is 0.320. The molecule has 15 heavy (non-hydrogen) atoms. The smallest absolute Gasteiger partial charge is 0.227 e. The van der Waals surface area contributed by atoms with Crippen molar-refractivity contribution in [2.75, 3.05) is 5.88 Å². The van der Waals surface area contributed by atoms with E-state index in [1.165, 1.54) is 25.7 Å². The van der Waals surface area contributed by atoms with Crippen molar-refractivity contribution < 1.29 is 4.52 Å². The van der Waals surface area contributed by atoms with Crippen LogP contribution in [0.5, 0.6) is 0 Å². The lowest BCUT2D eigenvalue weighted by Gasteiger charge is -2.23. The van der Waals surface area contributed by atoms with Gasteiger partial charge in [0.2, 0.25) is 5.89 Å². The molecule has 0 aliphatic heterocycles. The zero-order valence-electron chi connectivity index (χ0n) is 9.08. The Hall–Kier alpha value is -0.570. The Morgan fingerprint density at radius 2 is 2.33 bits per heavy atom. The molecule has 0 radical (unpaired) electrons. The standard InChI is InChI=1S/C11H17ClN2O/c1-8-3-2-4-9(7-8)11-13-10(5-6-12)15-14-11/h8-9H,2-7H2,1H3. The summed E-state index contributed by atoms with van der Waals surface area (Å²) < 4.78 is 5.15. The zero-order valence-corrected chi connectivity index (χ0v) is 9.83. The van der Waals surface area contributed by atoms with Gasteiger partial charge >= 0.3 is 0 Å². The van der Waals surface area contributed by atoms with Gasteiger partial charge in [0.25, 0.3) is 0 Å². The third-order valence-corrected chi connectivity index (χ3v) is 3.28. The molecule has 0 spiro atoms. The molecule has 4 heteroatoms. The van der Waals surface area contributed by atoms with Crippen LogP contribution in [0.1, 0.15) is 50.2 Å². The molecule has 1 aromatic rings. The third-order valence-electron chi connectivity index (χ3n) is 3.09. The average molecular weight is 229 g/mol. The van der Waals surface area contributed by atoms with Crippen molar-refractivity contribution in [3.63, 3.8) is 0 Å². The minimum absolute atomic E-state index is 0.501. The van der Waals surface area contributed by atoms with E-state index in [0.29, 0.717) is 24.1 Å². The molecule has 84 valence electrons. The minimum atomic E-state index is 0.501. The molecule has 2 atom stereocenters. The minimum Gasteiger partial charge on any atom is -0.339 e. The van der Waals surface area contributed by atoms with E-state index >= 15 is 0 Å². The molecule has 0 saturated heterocycles. The topological polar surface area (TPSA) is 38.9 Å². The van der Waals surface area contributed by atoms with Crippen LogP contribution < -0.4 is 0 Å². The van der Waals surface area contributed by atoms with Crippen molar-refractivity contribution in [3.05, 3.63) is 11.7 Å². The number of rotatable bonds is 3. The number of aryl methyl sites for hydroxylation is 1. The summed E-state index contributed by atoms with van der Waals surface area (Å²) in [6, 6.07) is 0. The van der Waals surface area contributed by atoms with E-state index in [1.807, 2.05) is 0 Å². The first-order valence-electron chi connectivity index (χ1n) is 5.68. The van der Waals surface area contributed by atoms with Crippen LogP contribution in [0.2, 0.25) is 0 Å². The van der Waals surface area contributed by atoms with Crippen LogP contribution in [-0.2, 0) is 6.42 Å². The molecule has 0 aromatic carbocycles. The van der Waals surface area contributed by atoms with Gasteiger partial charge in [-0.2, -0.15) is 4.98 Å². The van der Waals surface area contributed by atoms with Crippen LogP contribution in [0.15, 0.2) is 4.52 Å². The van der Waals surface area contributed by atoms with E-state index in [9.17, 15) is 0 Å². The first-order chi connectivity index (χ1) is 7.29. The van der Waals surface area contributed by atoms with Crippen molar-refractivity contribution in [2.45, 2.75) is 44.9 Å². The van der Waals surface area contributed by atoms with E-state index in [2.05, 4.69) is 17.1 Å². The summed E-state index contributed by atoms with van der Waals surface area (Å²) in [5.74, 6) is 3.41. The summed E-state index contributed by atoms with van der Waals surface area (Å²) in [4.78, 5) is 4.40. The highest BCUT2D eigenvalue weighted by Gasteiger charge is 2.24. The van der Waals surface area contributed by atoms with Crippen LogP contribution in [-0.4, -0.2) is 16.0 Å². The van der Waals surface area contributed by atoms with Crippen molar-refractivity contribution >= 4 is 11.6 Å². The summed E-state index contributed by atoms with van der Waals surface area (Å²) in [7, 11) is 0. The maximum atomic E-state index is 5.63. The largest absolute Gasteiger partial charge is 0.339 e. The molecule has 1 saturated carbocycles. The predicted molar refractivity (Wildman–Crippen MR) is 59.1 cm³/mol. The lowest BCUT2D eigenvalue weighted by Crippen LogP contribution is -2.12. The van der Waals surface area contributed by atoms with Gasteiger partial charge in [-0.15, -0.1) is 11.6 Å². The summed E-state index contributed by atoms with van der Waals surface area (Å²) in [6.45, 7) is 2.30. The number of hydrogen-bond acceptors (Lipinski definition) is 3. The van der Waals surface area contributed by atoms with E-state index in [0.717, 1.165) is 11.7 Å². The molecule has 1 aliphatic carbocycles. The van der Waals surface area contributed by atoms with Gasteiger partial charge in [0.1, 0.15) is 0 Å². The van der Waals surface area contributed by atoms with Gasteiger partial charge in [0, 0.05) is 18.2 Å². The Kier molecular flexibility index (Phi) is 3.62. The van der Waals surface area contributed by atoms with Crippen molar-refractivity contribution in [2.24, 2.45) is 5.92 Å². The fraction of sp³-hybridized carbons (Fsp3) is 0.818. The first kappa shape index (κ1) is 10.9. The summed E-state index contributed by atoms with van der Waals surface area (Å²) in [5.41, 5.74) is 0. The monoisotopic (exact) mass is 228 g/mol. The van der Waals surface area contributed by atoms with Gasteiger partial charge in [-0.05, 0) is 18.8 Å². The molecule has 1 aromatic heterocycles. The second kappa shape index (κ2) is 4.97.